The van der Waals surface area contributed by atoms with E-state index < -0.39 is 18.0 Å². The number of nitrogens with one attached hydrogen (secondary N) is 1. The normalized spacial score (nSPS) is 14.7. The second kappa shape index (κ2) is 10.1. The van der Waals surface area contributed by atoms with Crippen molar-refractivity contribution in [3.05, 3.63) is 53.6 Å². The van der Waals surface area contributed by atoms with Crippen molar-refractivity contribution >= 4 is 23.3 Å². The Kier molecular flexibility index (Phi) is 7.30. The lowest BCUT2D eigenvalue weighted by molar-refractivity contribution is -0.155. The van der Waals surface area contributed by atoms with Crippen molar-refractivity contribution in [3.8, 4) is 5.75 Å². The highest BCUT2D eigenvalue weighted by atomic mass is 16.6. The number of carbonyl (C=O) groups is 2. The van der Waals surface area contributed by atoms with Crippen LogP contribution < -0.4 is 15.0 Å². The van der Waals surface area contributed by atoms with Gasteiger partial charge in [-0.1, -0.05) is 12.1 Å². The summed E-state index contributed by atoms with van der Waals surface area (Å²) in [6.45, 7) is 8.31. The molecule has 30 heavy (non-hydrogen) atoms. The Balaban J connectivity index is 1.46. The van der Waals surface area contributed by atoms with Gasteiger partial charge in [0.2, 0.25) is 0 Å². The first-order valence-corrected chi connectivity index (χ1v) is 10.1. The predicted molar refractivity (Wildman–Crippen MR) is 115 cm³/mol. The number of hydrogen-bond donors (Lipinski definition) is 1. The van der Waals surface area contributed by atoms with Crippen molar-refractivity contribution in [2.24, 2.45) is 0 Å². The Morgan fingerprint density at radius 3 is 2.50 bits per heavy atom. The Hall–Kier alpha value is -3.06. The molecule has 1 atom stereocenters. The van der Waals surface area contributed by atoms with Crippen LogP contribution >= 0.6 is 0 Å². The van der Waals surface area contributed by atoms with Crippen LogP contribution in [0.2, 0.25) is 0 Å². The maximum atomic E-state index is 12.4. The number of aryl methyl sites for hydroxylation is 1. The predicted octanol–water partition coefficient (Wildman–Crippen LogP) is 3.09. The van der Waals surface area contributed by atoms with Crippen molar-refractivity contribution < 1.29 is 23.8 Å². The number of benzene rings is 2. The molecule has 0 aliphatic carbocycles. The molecule has 1 N–H and O–H groups in total. The third-order valence-electron chi connectivity index (χ3n) is 5.09. The van der Waals surface area contributed by atoms with Gasteiger partial charge in [0.1, 0.15) is 5.75 Å². The third kappa shape index (κ3) is 5.73. The van der Waals surface area contributed by atoms with E-state index in [-0.39, 0.29) is 6.61 Å². The molecule has 0 aromatic heterocycles. The minimum absolute atomic E-state index is 0.254. The number of nitrogens with zero attached hydrogens (tertiary/aromatic N) is 1. The van der Waals surface area contributed by atoms with Crippen molar-refractivity contribution in [2.75, 3.05) is 43.1 Å². The molecular weight excluding hydrogens is 384 g/mol. The summed E-state index contributed by atoms with van der Waals surface area (Å²) in [6, 6.07) is 13.2. The second-order valence-corrected chi connectivity index (χ2v) is 7.25. The zero-order valence-electron chi connectivity index (χ0n) is 17.6. The Labute approximate surface area is 176 Å². The van der Waals surface area contributed by atoms with E-state index in [2.05, 4.69) is 10.2 Å². The summed E-state index contributed by atoms with van der Waals surface area (Å²) in [5.41, 5.74) is 3.77. The molecule has 0 unspecified atom stereocenters. The van der Waals surface area contributed by atoms with Crippen LogP contribution in [-0.4, -0.2) is 50.9 Å². The van der Waals surface area contributed by atoms with Crippen LogP contribution in [0.15, 0.2) is 42.5 Å². The van der Waals surface area contributed by atoms with Gasteiger partial charge in [-0.3, -0.25) is 4.79 Å². The fraction of sp³-hybridized carbons (Fsp3) is 0.391. The smallest absolute Gasteiger partial charge is 0.344 e. The molecule has 1 heterocycles. The lowest BCUT2D eigenvalue weighted by Crippen LogP contribution is -2.36. The zero-order chi connectivity index (χ0) is 21.5. The van der Waals surface area contributed by atoms with E-state index in [0.29, 0.717) is 24.7 Å². The summed E-state index contributed by atoms with van der Waals surface area (Å²) in [4.78, 5) is 26.6. The van der Waals surface area contributed by atoms with E-state index in [1.165, 1.54) is 6.92 Å². The molecule has 1 aliphatic heterocycles. The maximum Gasteiger partial charge on any atom is 0.344 e. The van der Waals surface area contributed by atoms with E-state index in [0.717, 1.165) is 29.9 Å². The number of hydrogen-bond acceptors (Lipinski definition) is 6. The molecule has 7 heteroatoms. The molecular formula is C23H28N2O5. The van der Waals surface area contributed by atoms with Gasteiger partial charge in [-0.15, -0.1) is 0 Å². The number of anilines is 2. The van der Waals surface area contributed by atoms with E-state index >= 15 is 0 Å². The van der Waals surface area contributed by atoms with Crippen LogP contribution in [0.3, 0.4) is 0 Å². The number of rotatable bonds is 7. The summed E-state index contributed by atoms with van der Waals surface area (Å²) >= 11 is 0. The number of amides is 1. The molecule has 0 radical (unpaired) electrons. The Morgan fingerprint density at radius 1 is 1.10 bits per heavy atom. The minimum Gasteiger partial charge on any atom is -0.482 e. The van der Waals surface area contributed by atoms with Gasteiger partial charge >= 0.3 is 5.97 Å². The molecule has 1 amide bonds. The van der Waals surface area contributed by atoms with Crippen molar-refractivity contribution in [1.29, 1.82) is 0 Å². The molecule has 7 nitrogen and oxygen atoms in total. The van der Waals surface area contributed by atoms with Crippen LogP contribution in [-0.2, 0) is 19.1 Å². The minimum atomic E-state index is -0.932. The highest BCUT2D eigenvalue weighted by Crippen LogP contribution is 2.21. The van der Waals surface area contributed by atoms with Gasteiger partial charge in [0.25, 0.3) is 5.91 Å². The van der Waals surface area contributed by atoms with Crippen LogP contribution in [0.25, 0.3) is 0 Å². The molecule has 0 bridgehead atoms. The van der Waals surface area contributed by atoms with Crippen LogP contribution in [0.1, 0.15) is 18.1 Å². The van der Waals surface area contributed by atoms with Crippen molar-refractivity contribution in [2.45, 2.75) is 26.9 Å². The third-order valence-corrected chi connectivity index (χ3v) is 5.09. The lowest BCUT2D eigenvalue weighted by Gasteiger charge is -2.28. The summed E-state index contributed by atoms with van der Waals surface area (Å²) in [6.07, 6.45) is -0.932. The molecule has 0 saturated carbocycles. The van der Waals surface area contributed by atoms with Gasteiger partial charge < -0.3 is 24.4 Å². The van der Waals surface area contributed by atoms with Gasteiger partial charge in [0, 0.05) is 24.5 Å². The molecule has 1 fully saturated rings. The molecule has 3 rings (SSSR count). The van der Waals surface area contributed by atoms with Gasteiger partial charge in [-0.25, -0.2) is 4.79 Å². The molecule has 2 aromatic rings. The SMILES string of the molecule is Cc1cccc(OCC(=O)O[C@@H](C)C(=O)Nc2ccc(N3CCOCC3)cc2)c1C. The molecule has 2 aromatic carbocycles. The summed E-state index contributed by atoms with van der Waals surface area (Å²) in [5, 5.41) is 2.77. The lowest BCUT2D eigenvalue weighted by atomic mass is 10.1. The zero-order valence-corrected chi connectivity index (χ0v) is 17.6. The molecule has 1 saturated heterocycles. The first kappa shape index (κ1) is 21.6. The number of morpholine rings is 1. The number of ether oxygens (including phenoxy) is 3. The topological polar surface area (TPSA) is 77.1 Å². The summed E-state index contributed by atoms with van der Waals surface area (Å²) in [7, 11) is 0. The fourth-order valence-electron chi connectivity index (χ4n) is 3.12. The first-order chi connectivity index (χ1) is 14.4. The quantitative estimate of drug-likeness (QED) is 0.705. The Morgan fingerprint density at radius 2 is 1.80 bits per heavy atom. The van der Waals surface area contributed by atoms with Gasteiger partial charge in [-0.2, -0.15) is 0 Å². The monoisotopic (exact) mass is 412 g/mol. The van der Waals surface area contributed by atoms with E-state index in [4.69, 9.17) is 14.2 Å². The van der Waals surface area contributed by atoms with E-state index in [1.807, 2.05) is 50.2 Å². The van der Waals surface area contributed by atoms with Crippen LogP contribution in [0.5, 0.6) is 5.75 Å². The number of esters is 1. The highest BCUT2D eigenvalue weighted by Gasteiger charge is 2.19. The van der Waals surface area contributed by atoms with Crippen LogP contribution in [0, 0.1) is 13.8 Å². The van der Waals surface area contributed by atoms with Crippen LogP contribution in [0.4, 0.5) is 11.4 Å². The van der Waals surface area contributed by atoms with Crippen molar-refractivity contribution in [3.63, 3.8) is 0 Å². The molecule has 1 aliphatic rings. The average molecular weight is 412 g/mol. The van der Waals surface area contributed by atoms with Crippen molar-refractivity contribution in [1.82, 2.24) is 0 Å². The summed E-state index contributed by atoms with van der Waals surface area (Å²) < 4.78 is 16.1. The summed E-state index contributed by atoms with van der Waals surface area (Å²) in [5.74, 6) is -0.361. The largest absolute Gasteiger partial charge is 0.482 e. The fourth-order valence-corrected chi connectivity index (χ4v) is 3.12. The molecule has 0 spiro atoms. The average Bonchev–Trinajstić information content (AvgIpc) is 2.76. The van der Waals surface area contributed by atoms with E-state index in [9.17, 15) is 9.59 Å². The van der Waals surface area contributed by atoms with Gasteiger partial charge in [0.05, 0.1) is 13.2 Å². The van der Waals surface area contributed by atoms with E-state index in [1.54, 1.807) is 6.07 Å². The molecule has 160 valence electrons. The number of carbonyl (C=O) groups excluding carboxylic acids is 2. The maximum absolute atomic E-state index is 12.4. The standard InChI is InChI=1S/C23H28N2O5/c1-16-5-4-6-21(17(16)2)29-15-22(26)30-18(3)23(27)24-19-7-9-20(10-8-19)25-11-13-28-14-12-25/h4-10,18H,11-15H2,1-3H3,(H,24,27)/t18-/m0/s1. The van der Waals surface area contributed by atoms with Gasteiger partial charge in [0.15, 0.2) is 12.7 Å². The van der Waals surface area contributed by atoms with Gasteiger partial charge in [-0.05, 0) is 62.2 Å². The highest BCUT2D eigenvalue weighted by molar-refractivity contribution is 5.95. The Bertz CT molecular complexity index is 876. The second-order valence-electron chi connectivity index (χ2n) is 7.25. The first-order valence-electron chi connectivity index (χ1n) is 10.1.